The fraction of sp³-hybridized carbons (Fsp3) is 0.133. The summed E-state index contributed by atoms with van der Waals surface area (Å²) in [6.07, 6.45) is 0. The Morgan fingerprint density at radius 1 is 1.26 bits per heavy atom. The van der Waals surface area contributed by atoms with Gasteiger partial charge in [0.25, 0.3) is 0 Å². The van der Waals surface area contributed by atoms with Crippen molar-refractivity contribution in [2.24, 2.45) is 5.73 Å². The quantitative estimate of drug-likeness (QED) is 0.869. The van der Waals surface area contributed by atoms with Crippen LogP contribution in [-0.2, 0) is 6.61 Å². The zero-order valence-corrected chi connectivity index (χ0v) is 11.3. The maximum absolute atomic E-state index is 13.2. The third-order valence-electron chi connectivity index (χ3n) is 2.85. The number of nitrogens with two attached hydrogens (primary N) is 1. The molecule has 2 rings (SSSR count). The molecular formula is C15H14FNOS. The van der Waals surface area contributed by atoms with E-state index in [0.29, 0.717) is 11.3 Å². The Labute approximate surface area is 117 Å². The van der Waals surface area contributed by atoms with Crippen molar-refractivity contribution >= 4 is 17.2 Å². The molecule has 0 heterocycles. The molecule has 0 saturated carbocycles. The van der Waals surface area contributed by atoms with Gasteiger partial charge in [0.05, 0.1) is 5.56 Å². The van der Waals surface area contributed by atoms with Crippen LogP contribution in [0.1, 0.15) is 16.7 Å². The van der Waals surface area contributed by atoms with Gasteiger partial charge in [0.15, 0.2) is 0 Å². The fourth-order valence-corrected chi connectivity index (χ4v) is 1.92. The molecule has 2 nitrogen and oxygen atoms in total. The first-order valence-corrected chi connectivity index (χ1v) is 6.25. The van der Waals surface area contributed by atoms with Crippen molar-refractivity contribution in [3.8, 4) is 5.75 Å². The van der Waals surface area contributed by atoms with Gasteiger partial charge in [-0.1, -0.05) is 30.4 Å². The van der Waals surface area contributed by atoms with Gasteiger partial charge >= 0.3 is 0 Å². The van der Waals surface area contributed by atoms with Gasteiger partial charge < -0.3 is 10.5 Å². The summed E-state index contributed by atoms with van der Waals surface area (Å²) in [6.45, 7) is 2.20. The lowest BCUT2D eigenvalue weighted by Crippen LogP contribution is -2.11. The smallest absolute Gasteiger partial charge is 0.129 e. The number of rotatable bonds is 4. The lowest BCUT2D eigenvalue weighted by atomic mass is 10.1. The molecule has 0 unspecified atom stereocenters. The van der Waals surface area contributed by atoms with Crippen molar-refractivity contribution in [2.75, 3.05) is 0 Å². The van der Waals surface area contributed by atoms with Crippen LogP contribution < -0.4 is 10.5 Å². The molecule has 2 aromatic carbocycles. The first kappa shape index (κ1) is 13.5. The Balaban J connectivity index is 2.19. The Morgan fingerprint density at radius 3 is 2.74 bits per heavy atom. The maximum Gasteiger partial charge on any atom is 0.129 e. The summed E-state index contributed by atoms with van der Waals surface area (Å²) in [5.41, 5.74) is 8.10. The lowest BCUT2D eigenvalue weighted by molar-refractivity contribution is 0.304. The standard InChI is InChI=1S/C15H14FNOS/c1-10-6-7-12(16)8-11(10)9-18-14-5-3-2-4-13(14)15(17)19/h2-8H,9H2,1H3,(H2,17,19). The second kappa shape index (κ2) is 5.80. The largest absolute Gasteiger partial charge is 0.488 e. The molecule has 0 aliphatic heterocycles. The molecule has 0 fully saturated rings. The van der Waals surface area contributed by atoms with Gasteiger partial charge in [0, 0.05) is 0 Å². The summed E-state index contributed by atoms with van der Waals surface area (Å²) in [4.78, 5) is 0.284. The topological polar surface area (TPSA) is 35.2 Å². The van der Waals surface area contributed by atoms with E-state index in [1.165, 1.54) is 12.1 Å². The van der Waals surface area contributed by atoms with E-state index in [4.69, 9.17) is 22.7 Å². The Morgan fingerprint density at radius 2 is 2.00 bits per heavy atom. The number of benzene rings is 2. The van der Waals surface area contributed by atoms with Crippen LogP contribution in [-0.4, -0.2) is 4.99 Å². The van der Waals surface area contributed by atoms with Gasteiger partial charge in [-0.15, -0.1) is 0 Å². The van der Waals surface area contributed by atoms with Crippen LogP contribution in [0.3, 0.4) is 0 Å². The molecule has 0 atom stereocenters. The van der Waals surface area contributed by atoms with E-state index >= 15 is 0 Å². The van der Waals surface area contributed by atoms with Crippen molar-refractivity contribution < 1.29 is 9.13 Å². The predicted octanol–water partition coefficient (Wildman–Crippen LogP) is 3.35. The van der Waals surface area contributed by atoms with Gasteiger partial charge in [0.2, 0.25) is 0 Å². The van der Waals surface area contributed by atoms with Crippen molar-refractivity contribution in [2.45, 2.75) is 13.5 Å². The van der Waals surface area contributed by atoms with Gasteiger partial charge in [-0.3, -0.25) is 0 Å². The normalized spacial score (nSPS) is 10.2. The van der Waals surface area contributed by atoms with E-state index in [-0.39, 0.29) is 17.4 Å². The molecule has 2 N–H and O–H groups in total. The third kappa shape index (κ3) is 3.29. The zero-order valence-electron chi connectivity index (χ0n) is 10.5. The van der Waals surface area contributed by atoms with Gasteiger partial charge in [-0.25, -0.2) is 4.39 Å². The average molecular weight is 275 g/mol. The molecule has 0 spiro atoms. The average Bonchev–Trinajstić information content (AvgIpc) is 2.40. The summed E-state index contributed by atoms with van der Waals surface area (Å²) >= 11 is 4.96. The minimum atomic E-state index is -0.271. The maximum atomic E-state index is 13.2. The fourth-order valence-electron chi connectivity index (χ4n) is 1.75. The molecule has 0 radical (unpaired) electrons. The molecule has 2 aromatic rings. The highest BCUT2D eigenvalue weighted by atomic mass is 32.1. The van der Waals surface area contributed by atoms with Crippen molar-refractivity contribution in [3.05, 3.63) is 65.0 Å². The van der Waals surface area contributed by atoms with E-state index in [0.717, 1.165) is 11.1 Å². The van der Waals surface area contributed by atoms with Crippen LogP contribution in [0.5, 0.6) is 5.75 Å². The van der Waals surface area contributed by atoms with Crippen LogP contribution in [0.2, 0.25) is 0 Å². The summed E-state index contributed by atoms with van der Waals surface area (Å²) < 4.78 is 18.9. The van der Waals surface area contributed by atoms with Crippen LogP contribution >= 0.6 is 12.2 Å². The Hall–Kier alpha value is -1.94. The lowest BCUT2D eigenvalue weighted by Gasteiger charge is -2.12. The third-order valence-corrected chi connectivity index (χ3v) is 3.07. The molecule has 4 heteroatoms. The molecular weight excluding hydrogens is 261 g/mol. The van der Waals surface area contributed by atoms with Gasteiger partial charge in [-0.05, 0) is 42.3 Å². The highest BCUT2D eigenvalue weighted by molar-refractivity contribution is 7.80. The number of para-hydroxylation sites is 1. The first-order valence-electron chi connectivity index (χ1n) is 5.84. The molecule has 19 heavy (non-hydrogen) atoms. The highest BCUT2D eigenvalue weighted by Gasteiger charge is 2.07. The number of thiocarbonyl (C=S) groups is 1. The van der Waals surface area contributed by atoms with E-state index < -0.39 is 0 Å². The second-order valence-corrected chi connectivity index (χ2v) is 4.66. The van der Waals surface area contributed by atoms with E-state index in [2.05, 4.69) is 0 Å². The van der Waals surface area contributed by atoms with E-state index in [9.17, 15) is 4.39 Å². The molecule has 0 amide bonds. The number of ether oxygens (including phenoxy) is 1. The first-order chi connectivity index (χ1) is 9.08. The predicted molar refractivity (Wildman–Crippen MR) is 77.8 cm³/mol. The summed E-state index contributed by atoms with van der Waals surface area (Å²) in [5.74, 6) is 0.338. The minimum Gasteiger partial charge on any atom is -0.488 e. The molecule has 98 valence electrons. The molecule has 0 aromatic heterocycles. The van der Waals surface area contributed by atoms with Crippen LogP contribution in [0.25, 0.3) is 0 Å². The van der Waals surface area contributed by atoms with Crippen molar-refractivity contribution in [1.29, 1.82) is 0 Å². The zero-order chi connectivity index (χ0) is 13.8. The second-order valence-electron chi connectivity index (χ2n) is 4.22. The Kier molecular flexibility index (Phi) is 4.12. The molecule has 0 aliphatic carbocycles. The monoisotopic (exact) mass is 275 g/mol. The number of halogens is 1. The summed E-state index contributed by atoms with van der Waals surface area (Å²) in [6, 6.07) is 11.9. The van der Waals surface area contributed by atoms with E-state index in [1.807, 2.05) is 19.1 Å². The van der Waals surface area contributed by atoms with E-state index in [1.54, 1.807) is 18.2 Å². The minimum absolute atomic E-state index is 0.271. The van der Waals surface area contributed by atoms with Crippen molar-refractivity contribution in [1.82, 2.24) is 0 Å². The number of hydrogen-bond acceptors (Lipinski definition) is 2. The summed E-state index contributed by atoms with van der Waals surface area (Å²) in [7, 11) is 0. The van der Waals surface area contributed by atoms with Crippen molar-refractivity contribution in [3.63, 3.8) is 0 Å². The number of aryl methyl sites for hydroxylation is 1. The van der Waals surface area contributed by atoms with Gasteiger partial charge in [-0.2, -0.15) is 0 Å². The van der Waals surface area contributed by atoms with Gasteiger partial charge in [0.1, 0.15) is 23.2 Å². The molecule has 0 bridgehead atoms. The number of hydrogen-bond donors (Lipinski definition) is 1. The van der Waals surface area contributed by atoms with Crippen LogP contribution in [0.4, 0.5) is 4.39 Å². The molecule has 0 aliphatic rings. The van der Waals surface area contributed by atoms with Crippen LogP contribution in [0.15, 0.2) is 42.5 Å². The highest BCUT2D eigenvalue weighted by Crippen LogP contribution is 2.20. The Bertz CT molecular complexity index is 613. The summed E-state index contributed by atoms with van der Waals surface area (Å²) in [5, 5.41) is 0. The SMILES string of the molecule is Cc1ccc(F)cc1COc1ccccc1C(N)=S. The van der Waals surface area contributed by atoms with Crippen LogP contribution in [0, 0.1) is 12.7 Å². The molecule has 0 saturated heterocycles.